The molecule has 2 aromatic heterocycles. The maximum atomic E-state index is 13.8. The Labute approximate surface area is 187 Å². The summed E-state index contributed by atoms with van der Waals surface area (Å²) in [6.07, 6.45) is 5.78. The fourth-order valence-corrected chi connectivity index (χ4v) is 4.92. The van der Waals surface area contributed by atoms with E-state index in [2.05, 4.69) is 5.32 Å². The Morgan fingerprint density at radius 1 is 1.12 bits per heavy atom. The van der Waals surface area contributed by atoms with Crippen LogP contribution in [0.2, 0.25) is 0 Å². The van der Waals surface area contributed by atoms with Gasteiger partial charge in [0.25, 0.3) is 5.91 Å². The standard InChI is InChI=1S/C25H27N3O4/c1-25(24(30)26-17-7-3-4-8-17)16-27-20(22-11-6-14-32-22)12-13-21(27)23(29)28(25)18-9-5-10-19(15-18)31-2/h5-6,9-15,17H,3-4,7-8,16H2,1-2H3,(H,26,30)/t25-/m0/s1. The number of nitrogens with zero attached hydrogens (tertiary/aromatic N) is 2. The molecule has 1 fully saturated rings. The zero-order valence-electron chi connectivity index (χ0n) is 18.3. The van der Waals surface area contributed by atoms with Crippen LogP contribution in [-0.4, -0.2) is 35.1 Å². The minimum atomic E-state index is -1.13. The SMILES string of the molecule is COc1cccc(N2C(=O)c3ccc(-c4ccco4)n3C[C@@]2(C)C(=O)NC2CCCC2)c1. The lowest BCUT2D eigenvalue weighted by molar-refractivity contribution is -0.127. The van der Waals surface area contributed by atoms with Crippen molar-refractivity contribution in [3.05, 3.63) is 60.5 Å². The summed E-state index contributed by atoms with van der Waals surface area (Å²) >= 11 is 0. The number of hydrogen-bond acceptors (Lipinski definition) is 4. The van der Waals surface area contributed by atoms with E-state index in [1.54, 1.807) is 30.4 Å². The van der Waals surface area contributed by atoms with Gasteiger partial charge in [0.05, 0.1) is 25.6 Å². The van der Waals surface area contributed by atoms with Crippen molar-refractivity contribution in [2.24, 2.45) is 0 Å². The van der Waals surface area contributed by atoms with Gasteiger partial charge in [0.1, 0.15) is 22.7 Å². The van der Waals surface area contributed by atoms with E-state index < -0.39 is 5.54 Å². The molecular formula is C25H27N3O4. The molecule has 2 amide bonds. The molecule has 0 bridgehead atoms. The third-order valence-corrected chi connectivity index (χ3v) is 6.63. The number of rotatable bonds is 5. The summed E-state index contributed by atoms with van der Waals surface area (Å²) < 4.78 is 12.9. The molecule has 3 aromatic rings. The number of fused-ring (bicyclic) bond motifs is 1. The van der Waals surface area contributed by atoms with Crippen LogP contribution in [0, 0.1) is 0 Å². The number of furan rings is 1. The topological polar surface area (TPSA) is 76.7 Å². The summed E-state index contributed by atoms with van der Waals surface area (Å²) in [5.74, 6) is 0.917. The number of carbonyl (C=O) groups is 2. The highest BCUT2D eigenvalue weighted by molar-refractivity contribution is 6.12. The minimum absolute atomic E-state index is 0.148. The lowest BCUT2D eigenvalue weighted by Crippen LogP contribution is -2.65. The molecule has 1 aliphatic carbocycles. The average molecular weight is 434 g/mol. The van der Waals surface area contributed by atoms with Crippen LogP contribution in [0.5, 0.6) is 5.75 Å². The zero-order valence-corrected chi connectivity index (χ0v) is 18.3. The molecule has 3 heterocycles. The highest BCUT2D eigenvalue weighted by Crippen LogP contribution is 2.37. The van der Waals surface area contributed by atoms with E-state index in [4.69, 9.17) is 9.15 Å². The van der Waals surface area contributed by atoms with Gasteiger partial charge in [-0.2, -0.15) is 0 Å². The number of aromatic nitrogens is 1. The van der Waals surface area contributed by atoms with Gasteiger partial charge in [-0.1, -0.05) is 18.9 Å². The molecule has 5 rings (SSSR count). The first-order chi connectivity index (χ1) is 15.5. The molecule has 0 saturated heterocycles. The predicted molar refractivity (Wildman–Crippen MR) is 121 cm³/mol. The van der Waals surface area contributed by atoms with E-state index in [1.807, 2.05) is 47.9 Å². The predicted octanol–water partition coefficient (Wildman–Crippen LogP) is 4.23. The fourth-order valence-electron chi connectivity index (χ4n) is 4.92. The van der Waals surface area contributed by atoms with Crippen molar-refractivity contribution in [2.75, 3.05) is 12.0 Å². The molecule has 7 nitrogen and oxygen atoms in total. The Kier molecular flexibility index (Phi) is 5.04. The monoisotopic (exact) mass is 433 g/mol. The van der Waals surface area contributed by atoms with E-state index in [-0.39, 0.29) is 17.9 Å². The number of hydrogen-bond donors (Lipinski definition) is 1. The average Bonchev–Trinajstić information content (AvgIpc) is 3.55. The van der Waals surface area contributed by atoms with Crippen LogP contribution in [0.1, 0.15) is 43.1 Å². The van der Waals surface area contributed by atoms with Gasteiger partial charge in [0.15, 0.2) is 0 Å². The van der Waals surface area contributed by atoms with Gasteiger partial charge >= 0.3 is 0 Å². The fraction of sp³-hybridized carbons (Fsp3) is 0.360. The summed E-state index contributed by atoms with van der Waals surface area (Å²) in [4.78, 5) is 29.1. The van der Waals surface area contributed by atoms with Crippen molar-refractivity contribution >= 4 is 17.5 Å². The number of carbonyl (C=O) groups excluding carboxylic acids is 2. The Hall–Kier alpha value is -3.48. The van der Waals surface area contributed by atoms with Gasteiger partial charge in [-0.25, -0.2) is 0 Å². The van der Waals surface area contributed by atoms with E-state index in [9.17, 15) is 9.59 Å². The molecule has 1 saturated carbocycles. The smallest absolute Gasteiger partial charge is 0.275 e. The molecule has 32 heavy (non-hydrogen) atoms. The van der Waals surface area contributed by atoms with E-state index in [0.717, 1.165) is 31.4 Å². The first-order valence-corrected chi connectivity index (χ1v) is 11.0. The second-order valence-corrected chi connectivity index (χ2v) is 8.74. The van der Waals surface area contributed by atoms with Crippen LogP contribution in [0.3, 0.4) is 0 Å². The van der Waals surface area contributed by atoms with Crippen LogP contribution >= 0.6 is 0 Å². The number of ether oxygens (including phenoxy) is 1. The van der Waals surface area contributed by atoms with E-state index in [1.165, 1.54) is 0 Å². The number of anilines is 1. The Morgan fingerprint density at radius 2 is 1.91 bits per heavy atom. The maximum absolute atomic E-state index is 13.8. The lowest BCUT2D eigenvalue weighted by atomic mass is 9.93. The normalized spacial score (nSPS) is 20.9. The Balaban J connectivity index is 1.61. The zero-order chi connectivity index (χ0) is 22.3. The molecule has 1 N–H and O–H groups in total. The summed E-state index contributed by atoms with van der Waals surface area (Å²) in [5, 5.41) is 3.21. The second-order valence-electron chi connectivity index (χ2n) is 8.74. The van der Waals surface area contributed by atoms with E-state index >= 15 is 0 Å². The van der Waals surface area contributed by atoms with Gasteiger partial charge in [-0.3, -0.25) is 14.5 Å². The quantitative estimate of drug-likeness (QED) is 0.653. The first-order valence-electron chi connectivity index (χ1n) is 11.0. The van der Waals surface area contributed by atoms with Crippen LogP contribution in [0.25, 0.3) is 11.5 Å². The van der Waals surface area contributed by atoms with Crippen LogP contribution < -0.4 is 15.0 Å². The molecule has 166 valence electrons. The van der Waals surface area contributed by atoms with Crippen LogP contribution in [-0.2, 0) is 11.3 Å². The molecule has 2 aliphatic rings. The summed E-state index contributed by atoms with van der Waals surface area (Å²) in [5.41, 5.74) is 0.804. The largest absolute Gasteiger partial charge is 0.497 e. The van der Waals surface area contributed by atoms with E-state index in [0.29, 0.717) is 29.4 Å². The third kappa shape index (κ3) is 3.28. The summed E-state index contributed by atoms with van der Waals surface area (Å²) in [6.45, 7) is 2.15. The number of amides is 2. The highest BCUT2D eigenvalue weighted by atomic mass is 16.5. The van der Waals surface area contributed by atoms with Gasteiger partial charge in [0, 0.05) is 17.8 Å². The second kappa shape index (κ2) is 7.89. The van der Waals surface area contributed by atoms with Gasteiger partial charge in [-0.05, 0) is 56.2 Å². The van der Waals surface area contributed by atoms with Crippen molar-refractivity contribution in [3.63, 3.8) is 0 Å². The molecular weight excluding hydrogens is 406 g/mol. The van der Waals surface area contributed by atoms with Gasteiger partial charge in [0.2, 0.25) is 5.91 Å². The highest BCUT2D eigenvalue weighted by Gasteiger charge is 2.49. The summed E-state index contributed by atoms with van der Waals surface area (Å²) in [6, 6.07) is 14.8. The number of benzene rings is 1. The van der Waals surface area contributed by atoms with Crippen molar-refractivity contribution in [1.82, 2.24) is 9.88 Å². The van der Waals surface area contributed by atoms with Crippen LogP contribution in [0.4, 0.5) is 5.69 Å². The minimum Gasteiger partial charge on any atom is -0.497 e. The van der Waals surface area contributed by atoms with Gasteiger partial charge < -0.3 is 19.0 Å². The van der Waals surface area contributed by atoms with Crippen molar-refractivity contribution in [1.29, 1.82) is 0 Å². The molecule has 7 heteroatoms. The number of methoxy groups -OCH3 is 1. The lowest BCUT2D eigenvalue weighted by Gasteiger charge is -2.44. The molecule has 0 spiro atoms. The Morgan fingerprint density at radius 3 is 2.62 bits per heavy atom. The first kappa shape index (κ1) is 20.4. The molecule has 1 aromatic carbocycles. The third-order valence-electron chi connectivity index (χ3n) is 6.63. The van der Waals surface area contributed by atoms with Gasteiger partial charge in [-0.15, -0.1) is 0 Å². The molecule has 0 radical (unpaired) electrons. The Bertz CT molecular complexity index is 1140. The van der Waals surface area contributed by atoms with Crippen molar-refractivity contribution in [2.45, 2.75) is 50.7 Å². The summed E-state index contributed by atoms with van der Waals surface area (Å²) in [7, 11) is 1.59. The molecule has 1 atom stereocenters. The van der Waals surface area contributed by atoms with Crippen LogP contribution in [0.15, 0.2) is 59.2 Å². The molecule has 1 aliphatic heterocycles. The maximum Gasteiger partial charge on any atom is 0.275 e. The van der Waals surface area contributed by atoms with Crippen molar-refractivity contribution in [3.8, 4) is 17.2 Å². The number of nitrogens with one attached hydrogen (secondary N) is 1. The van der Waals surface area contributed by atoms with Crippen molar-refractivity contribution < 1.29 is 18.7 Å². The molecule has 0 unspecified atom stereocenters.